The molecule has 0 spiro atoms. The third-order valence-corrected chi connectivity index (χ3v) is 3.54. The van der Waals surface area contributed by atoms with E-state index >= 15 is 0 Å². The first kappa shape index (κ1) is 9.36. The summed E-state index contributed by atoms with van der Waals surface area (Å²) >= 11 is 3.12. The van der Waals surface area contributed by atoms with Gasteiger partial charge in [0.05, 0.1) is 10.4 Å². The van der Waals surface area contributed by atoms with E-state index in [0.717, 1.165) is 14.8 Å². The lowest BCUT2D eigenvalue weighted by Crippen LogP contribution is -1.81. The second kappa shape index (κ2) is 3.89. The number of nitrogens with two attached hydrogens (primary N) is 2. The molecule has 0 atom stereocenters. The molecule has 0 fully saturated rings. The molecule has 14 heavy (non-hydrogen) atoms. The molecule has 0 aliphatic rings. The first-order valence-corrected chi connectivity index (χ1v) is 5.62. The number of anilines is 2. The Labute approximate surface area is 90.2 Å². The summed E-state index contributed by atoms with van der Waals surface area (Å²) in [7, 11) is 0. The third kappa shape index (κ3) is 2.18. The maximum Gasteiger partial charge on any atom is 0.181 e. The number of hydrogen-bond donors (Lipinski definition) is 2. The second-order valence-corrected chi connectivity index (χ2v) is 5.12. The van der Waals surface area contributed by atoms with Gasteiger partial charge in [-0.15, -0.1) is 0 Å². The van der Waals surface area contributed by atoms with Crippen LogP contribution in [0.3, 0.4) is 0 Å². The zero-order valence-corrected chi connectivity index (χ0v) is 8.94. The topological polar surface area (TPSA) is 64.9 Å². The Balaban J connectivity index is 2.15. The smallest absolute Gasteiger partial charge is 0.181 e. The molecule has 0 aliphatic carbocycles. The number of benzene rings is 1. The van der Waals surface area contributed by atoms with Crippen LogP contribution >= 0.6 is 23.1 Å². The molecule has 2 aromatic rings. The molecule has 72 valence electrons. The summed E-state index contributed by atoms with van der Waals surface area (Å²) in [5.74, 6) is 0. The number of nitrogens with zero attached hydrogens (tertiary/aromatic N) is 1. The molecule has 0 aliphatic heterocycles. The van der Waals surface area contributed by atoms with Crippen molar-refractivity contribution in [2.45, 2.75) is 9.10 Å². The second-order valence-electron chi connectivity index (χ2n) is 2.69. The van der Waals surface area contributed by atoms with Crippen LogP contribution in [0.25, 0.3) is 0 Å². The van der Waals surface area contributed by atoms with Crippen molar-refractivity contribution in [2.75, 3.05) is 11.5 Å². The first-order valence-electron chi connectivity index (χ1n) is 3.99. The molecule has 0 saturated heterocycles. The van der Waals surface area contributed by atoms with E-state index in [-0.39, 0.29) is 0 Å². The predicted octanol–water partition coefficient (Wildman–Crippen LogP) is 2.46. The summed E-state index contributed by atoms with van der Waals surface area (Å²) in [6.07, 6.45) is 1.78. The van der Waals surface area contributed by atoms with Crippen molar-refractivity contribution in [3.05, 3.63) is 30.5 Å². The number of nitrogen functional groups attached to an aromatic ring is 2. The van der Waals surface area contributed by atoms with Crippen molar-refractivity contribution in [3.63, 3.8) is 0 Å². The van der Waals surface area contributed by atoms with E-state index in [2.05, 4.69) is 4.98 Å². The molecule has 1 aromatic carbocycles. The molecule has 0 unspecified atom stereocenters. The molecule has 3 nitrogen and oxygen atoms in total. The number of thiazole rings is 1. The summed E-state index contributed by atoms with van der Waals surface area (Å²) < 4.78 is 1.09. The Morgan fingerprint density at radius 2 is 1.86 bits per heavy atom. The van der Waals surface area contributed by atoms with Gasteiger partial charge in [0, 0.05) is 10.6 Å². The standard InChI is InChI=1S/C9H9N3S2/c10-6-1-3-7(4-2-6)13-8-5-12-9(11)14-8/h1-5H,10H2,(H2,11,12). The molecule has 2 rings (SSSR count). The van der Waals surface area contributed by atoms with Crippen molar-refractivity contribution < 1.29 is 0 Å². The largest absolute Gasteiger partial charge is 0.399 e. The van der Waals surface area contributed by atoms with Crippen LogP contribution in [0.1, 0.15) is 0 Å². The minimum Gasteiger partial charge on any atom is -0.399 e. The van der Waals surface area contributed by atoms with Gasteiger partial charge in [-0.1, -0.05) is 23.1 Å². The fourth-order valence-corrected chi connectivity index (χ4v) is 2.71. The normalized spacial score (nSPS) is 10.3. The van der Waals surface area contributed by atoms with Crippen LogP contribution in [0.4, 0.5) is 10.8 Å². The molecule has 1 heterocycles. The van der Waals surface area contributed by atoms with Gasteiger partial charge in [0.25, 0.3) is 0 Å². The highest BCUT2D eigenvalue weighted by atomic mass is 32.2. The molecule has 0 amide bonds. The van der Waals surface area contributed by atoms with Gasteiger partial charge in [0.1, 0.15) is 0 Å². The van der Waals surface area contributed by atoms with Gasteiger partial charge in [0.2, 0.25) is 0 Å². The third-order valence-electron chi connectivity index (χ3n) is 1.60. The van der Waals surface area contributed by atoms with Gasteiger partial charge in [-0.2, -0.15) is 0 Å². The van der Waals surface area contributed by atoms with Gasteiger partial charge in [-0.25, -0.2) is 4.98 Å². The van der Waals surface area contributed by atoms with E-state index in [0.29, 0.717) is 5.13 Å². The summed E-state index contributed by atoms with van der Waals surface area (Å²) in [6.45, 7) is 0. The monoisotopic (exact) mass is 223 g/mol. The summed E-state index contributed by atoms with van der Waals surface area (Å²) in [6, 6.07) is 7.73. The van der Waals surface area contributed by atoms with Crippen LogP contribution in [0.2, 0.25) is 0 Å². The Morgan fingerprint density at radius 3 is 2.43 bits per heavy atom. The van der Waals surface area contributed by atoms with E-state index in [9.17, 15) is 0 Å². The molecule has 4 N–H and O–H groups in total. The average Bonchev–Trinajstić information content (AvgIpc) is 2.56. The van der Waals surface area contributed by atoms with E-state index in [1.165, 1.54) is 11.3 Å². The highest BCUT2D eigenvalue weighted by Crippen LogP contribution is 2.32. The number of aromatic nitrogens is 1. The Kier molecular flexibility index (Phi) is 2.60. The minimum atomic E-state index is 0.600. The molecular weight excluding hydrogens is 214 g/mol. The lowest BCUT2D eigenvalue weighted by Gasteiger charge is -1.97. The predicted molar refractivity (Wildman–Crippen MR) is 61.5 cm³/mol. The van der Waals surface area contributed by atoms with E-state index in [1.54, 1.807) is 18.0 Å². The van der Waals surface area contributed by atoms with Crippen molar-refractivity contribution in [3.8, 4) is 0 Å². The first-order chi connectivity index (χ1) is 6.74. The lowest BCUT2D eigenvalue weighted by molar-refractivity contribution is 1.37. The summed E-state index contributed by atoms with van der Waals surface area (Å²) in [5, 5.41) is 0.600. The highest BCUT2D eigenvalue weighted by molar-refractivity contribution is 8.01. The van der Waals surface area contributed by atoms with Crippen LogP contribution in [-0.2, 0) is 0 Å². The SMILES string of the molecule is Nc1ccc(Sc2cnc(N)s2)cc1. The lowest BCUT2D eigenvalue weighted by atomic mass is 10.3. The van der Waals surface area contributed by atoms with Crippen LogP contribution in [-0.4, -0.2) is 4.98 Å². The molecule has 0 bridgehead atoms. The fraction of sp³-hybridized carbons (Fsp3) is 0. The Hall–Kier alpha value is -1.20. The van der Waals surface area contributed by atoms with Crippen LogP contribution in [0, 0.1) is 0 Å². The fourth-order valence-electron chi connectivity index (χ4n) is 0.971. The van der Waals surface area contributed by atoms with Crippen LogP contribution < -0.4 is 11.5 Å². The molecule has 0 saturated carbocycles. The van der Waals surface area contributed by atoms with E-state index < -0.39 is 0 Å². The zero-order valence-electron chi connectivity index (χ0n) is 7.31. The summed E-state index contributed by atoms with van der Waals surface area (Å²) in [5.41, 5.74) is 11.9. The van der Waals surface area contributed by atoms with Gasteiger partial charge in [-0.3, -0.25) is 0 Å². The maximum atomic E-state index is 5.59. The molecule has 5 heteroatoms. The number of hydrogen-bond acceptors (Lipinski definition) is 5. The Bertz CT molecular complexity index is 422. The van der Waals surface area contributed by atoms with Crippen molar-refractivity contribution in [1.29, 1.82) is 0 Å². The highest BCUT2D eigenvalue weighted by Gasteiger charge is 2.00. The van der Waals surface area contributed by atoms with Gasteiger partial charge in [0.15, 0.2) is 5.13 Å². The maximum absolute atomic E-state index is 5.59. The molecule has 1 aromatic heterocycles. The van der Waals surface area contributed by atoms with Crippen molar-refractivity contribution >= 4 is 33.9 Å². The van der Waals surface area contributed by atoms with E-state index in [4.69, 9.17) is 11.5 Å². The molecule has 0 radical (unpaired) electrons. The van der Waals surface area contributed by atoms with Gasteiger partial charge < -0.3 is 11.5 Å². The van der Waals surface area contributed by atoms with Crippen molar-refractivity contribution in [1.82, 2.24) is 4.98 Å². The minimum absolute atomic E-state index is 0.600. The quantitative estimate of drug-likeness (QED) is 0.768. The van der Waals surface area contributed by atoms with Crippen LogP contribution in [0.15, 0.2) is 39.6 Å². The summed E-state index contributed by atoms with van der Waals surface area (Å²) in [4.78, 5) is 5.12. The average molecular weight is 223 g/mol. The van der Waals surface area contributed by atoms with Crippen molar-refractivity contribution in [2.24, 2.45) is 0 Å². The Morgan fingerprint density at radius 1 is 1.14 bits per heavy atom. The number of rotatable bonds is 2. The molecular formula is C9H9N3S2. The zero-order chi connectivity index (χ0) is 9.97. The van der Waals surface area contributed by atoms with Gasteiger partial charge >= 0.3 is 0 Å². The van der Waals surface area contributed by atoms with Crippen LogP contribution in [0.5, 0.6) is 0 Å². The van der Waals surface area contributed by atoms with Gasteiger partial charge in [-0.05, 0) is 24.3 Å². The van der Waals surface area contributed by atoms with E-state index in [1.807, 2.05) is 24.3 Å².